The van der Waals surface area contributed by atoms with Crippen molar-refractivity contribution in [2.45, 2.75) is 20.4 Å². The van der Waals surface area contributed by atoms with Crippen molar-refractivity contribution in [3.8, 4) is 0 Å². The predicted molar refractivity (Wildman–Crippen MR) is 92.7 cm³/mol. The van der Waals surface area contributed by atoms with E-state index in [1.54, 1.807) is 0 Å². The molecule has 3 rings (SSSR count). The molecule has 0 saturated carbocycles. The molecule has 3 heteroatoms. The lowest BCUT2D eigenvalue weighted by Crippen LogP contribution is -2.02. The van der Waals surface area contributed by atoms with Crippen LogP contribution in [-0.4, -0.2) is 4.98 Å². The largest absolute Gasteiger partial charge is 0.380 e. The number of halogens is 1. The number of nitrogens with zero attached hydrogens (tertiary/aromatic N) is 1. The SMILES string of the molecule is Cc1ccc(NCc2cc(C)nc3ccccc23)c(Br)c1. The fourth-order valence-corrected chi connectivity index (χ4v) is 3.13. The highest BCUT2D eigenvalue weighted by molar-refractivity contribution is 9.10. The summed E-state index contributed by atoms with van der Waals surface area (Å²) >= 11 is 3.61. The van der Waals surface area contributed by atoms with Gasteiger partial charge in [0, 0.05) is 27.8 Å². The van der Waals surface area contributed by atoms with Crippen LogP contribution in [0.2, 0.25) is 0 Å². The van der Waals surface area contributed by atoms with E-state index in [4.69, 9.17) is 0 Å². The Bertz CT molecular complexity index is 796. The van der Waals surface area contributed by atoms with Gasteiger partial charge in [-0.1, -0.05) is 24.3 Å². The van der Waals surface area contributed by atoms with Gasteiger partial charge < -0.3 is 5.32 Å². The van der Waals surface area contributed by atoms with E-state index in [0.29, 0.717) is 0 Å². The van der Waals surface area contributed by atoms with Gasteiger partial charge in [-0.15, -0.1) is 0 Å². The second kappa shape index (κ2) is 5.86. The van der Waals surface area contributed by atoms with E-state index in [1.165, 1.54) is 16.5 Å². The normalized spacial score (nSPS) is 10.8. The number of nitrogens with one attached hydrogen (secondary N) is 1. The number of para-hydroxylation sites is 1. The highest BCUT2D eigenvalue weighted by atomic mass is 79.9. The van der Waals surface area contributed by atoms with Gasteiger partial charge in [0.25, 0.3) is 0 Å². The number of rotatable bonds is 3. The Kier molecular flexibility index (Phi) is 3.93. The Hall–Kier alpha value is -1.87. The van der Waals surface area contributed by atoms with Crippen molar-refractivity contribution in [2.24, 2.45) is 0 Å². The highest BCUT2D eigenvalue weighted by Crippen LogP contribution is 2.25. The fourth-order valence-electron chi connectivity index (χ4n) is 2.50. The van der Waals surface area contributed by atoms with Gasteiger partial charge in [0.05, 0.1) is 5.52 Å². The van der Waals surface area contributed by atoms with Crippen molar-refractivity contribution >= 4 is 32.5 Å². The van der Waals surface area contributed by atoms with Crippen LogP contribution in [0.25, 0.3) is 10.9 Å². The summed E-state index contributed by atoms with van der Waals surface area (Å²) < 4.78 is 1.09. The van der Waals surface area contributed by atoms with Crippen molar-refractivity contribution in [1.82, 2.24) is 4.98 Å². The van der Waals surface area contributed by atoms with Crippen LogP contribution in [0.15, 0.2) is 53.0 Å². The molecule has 0 spiro atoms. The van der Waals surface area contributed by atoms with Crippen molar-refractivity contribution in [3.63, 3.8) is 0 Å². The summed E-state index contributed by atoms with van der Waals surface area (Å²) in [5.74, 6) is 0. The zero-order valence-electron chi connectivity index (χ0n) is 12.2. The predicted octanol–water partition coefficient (Wildman–Crippen LogP) is 5.23. The molecule has 1 heterocycles. The quantitative estimate of drug-likeness (QED) is 0.706. The molecule has 0 aliphatic heterocycles. The van der Waals surface area contributed by atoms with E-state index in [1.807, 2.05) is 13.0 Å². The van der Waals surface area contributed by atoms with Gasteiger partial charge in [0.2, 0.25) is 0 Å². The van der Waals surface area contributed by atoms with Crippen molar-refractivity contribution in [1.29, 1.82) is 0 Å². The smallest absolute Gasteiger partial charge is 0.0708 e. The molecule has 2 nitrogen and oxygen atoms in total. The highest BCUT2D eigenvalue weighted by Gasteiger charge is 2.05. The molecule has 0 bridgehead atoms. The molecule has 0 aliphatic carbocycles. The average Bonchev–Trinajstić information content (AvgIpc) is 2.46. The number of fused-ring (bicyclic) bond motifs is 1. The van der Waals surface area contributed by atoms with Gasteiger partial charge in [-0.2, -0.15) is 0 Å². The van der Waals surface area contributed by atoms with Gasteiger partial charge in [0.15, 0.2) is 0 Å². The van der Waals surface area contributed by atoms with E-state index in [2.05, 4.69) is 75.6 Å². The molecular weight excluding hydrogens is 324 g/mol. The zero-order chi connectivity index (χ0) is 14.8. The molecule has 0 aliphatic rings. The third-order valence-electron chi connectivity index (χ3n) is 3.52. The maximum Gasteiger partial charge on any atom is 0.0708 e. The summed E-state index contributed by atoms with van der Waals surface area (Å²) in [6, 6.07) is 16.8. The van der Waals surface area contributed by atoms with Gasteiger partial charge >= 0.3 is 0 Å². The summed E-state index contributed by atoms with van der Waals surface area (Å²) in [7, 11) is 0. The lowest BCUT2D eigenvalue weighted by molar-refractivity contribution is 1.13. The van der Waals surface area contributed by atoms with Gasteiger partial charge in [0.1, 0.15) is 0 Å². The minimum Gasteiger partial charge on any atom is -0.380 e. The van der Waals surface area contributed by atoms with E-state index < -0.39 is 0 Å². The summed E-state index contributed by atoms with van der Waals surface area (Å²) in [5.41, 5.74) is 5.73. The Balaban J connectivity index is 1.91. The van der Waals surface area contributed by atoms with Crippen LogP contribution in [0.1, 0.15) is 16.8 Å². The topological polar surface area (TPSA) is 24.9 Å². The Morgan fingerprint density at radius 3 is 2.67 bits per heavy atom. The first-order chi connectivity index (χ1) is 10.1. The zero-order valence-corrected chi connectivity index (χ0v) is 13.7. The first kappa shape index (κ1) is 14.1. The van der Waals surface area contributed by atoms with Gasteiger partial charge in [-0.25, -0.2) is 0 Å². The van der Waals surface area contributed by atoms with Crippen LogP contribution < -0.4 is 5.32 Å². The summed E-state index contributed by atoms with van der Waals surface area (Å²) in [6.07, 6.45) is 0. The van der Waals surface area contributed by atoms with E-state index >= 15 is 0 Å². The van der Waals surface area contributed by atoms with Crippen LogP contribution in [0.3, 0.4) is 0 Å². The molecule has 0 fully saturated rings. The Morgan fingerprint density at radius 1 is 1.05 bits per heavy atom. The second-order valence-corrected chi connectivity index (χ2v) is 6.13. The number of benzene rings is 2. The standard InChI is InChI=1S/C18H17BrN2/c1-12-7-8-18(16(19)9-12)20-11-14-10-13(2)21-17-6-4-3-5-15(14)17/h3-10,20H,11H2,1-2H3. The summed E-state index contributed by atoms with van der Waals surface area (Å²) in [4.78, 5) is 4.58. The molecule has 3 aromatic rings. The molecule has 2 aromatic carbocycles. The minimum absolute atomic E-state index is 0.783. The monoisotopic (exact) mass is 340 g/mol. The summed E-state index contributed by atoms with van der Waals surface area (Å²) in [6.45, 7) is 4.91. The maximum absolute atomic E-state index is 4.58. The molecule has 1 aromatic heterocycles. The van der Waals surface area contributed by atoms with Crippen LogP contribution in [0.5, 0.6) is 0 Å². The molecule has 0 radical (unpaired) electrons. The lowest BCUT2D eigenvalue weighted by Gasteiger charge is -2.12. The number of anilines is 1. The number of hydrogen-bond acceptors (Lipinski definition) is 2. The summed E-state index contributed by atoms with van der Waals surface area (Å²) in [5, 5.41) is 4.71. The van der Waals surface area contributed by atoms with Crippen molar-refractivity contribution in [2.75, 3.05) is 5.32 Å². The van der Waals surface area contributed by atoms with E-state index in [-0.39, 0.29) is 0 Å². The Morgan fingerprint density at radius 2 is 1.86 bits per heavy atom. The van der Waals surface area contributed by atoms with Crippen LogP contribution in [-0.2, 0) is 6.54 Å². The lowest BCUT2D eigenvalue weighted by atomic mass is 10.1. The first-order valence-corrected chi connectivity index (χ1v) is 7.78. The number of pyridine rings is 1. The molecule has 0 atom stereocenters. The molecule has 1 N–H and O–H groups in total. The van der Waals surface area contributed by atoms with Crippen molar-refractivity contribution in [3.05, 3.63) is 69.8 Å². The van der Waals surface area contributed by atoms with Crippen molar-refractivity contribution < 1.29 is 0 Å². The number of aryl methyl sites for hydroxylation is 2. The molecule has 21 heavy (non-hydrogen) atoms. The van der Waals surface area contributed by atoms with Gasteiger partial charge in [-0.3, -0.25) is 4.98 Å². The molecule has 0 saturated heterocycles. The van der Waals surface area contributed by atoms with Gasteiger partial charge in [-0.05, 0) is 65.2 Å². The molecule has 0 amide bonds. The number of aromatic nitrogens is 1. The Labute approximate surface area is 133 Å². The maximum atomic E-state index is 4.58. The molecule has 106 valence electrons. The van der Waals surface area contributed by atoms with Crippen LogP contribution >= 0.6 is 15.9 Å². The van der Waals surface area contributed by atoms with Crippen LogP contribution in [0, 0.1) is 13.8 Å². The molecular formula is C18H17BrN2. The number of hydrogen-bond donors (Lipinski definition) is 1. The molecule has 0 unspecified atom stereocenters. The van der Waals surface area contributed by atoms with E-state index in [0.717, 1.165) is 27.9 Å². The van der Waals surface area contributed by atoms with E-state index in [9.17, 15) is 0 Å². The third kappa shape index (κ3) is 3.08. The second-order valence-electron chi connectivity index (χ2n) is 5.28. The fraction of sp³-hybridized carbons (Fsp3) is 0.167. The van der Waals surface area contributed by atoms with Crippen LogP contribution in [0.4, 0.5) is 5.69 Å². The average molecular weight is 341 g/mol. The minimum atomic E-state index is 0.783. The third-order valence-corrected chi connectivity index (χ3v) is 4.18. The first-order valence-electron chi connectivity index (χ1n) is 6.99.